The van der Waals surface area contributed by atoms with Gasteiger partial charge in [-0.1, -0.05) is 30.3 Å². The Morgan fingerprint density at radius 2 is 2.08 bits per heavy atom. The maximum absolute atomic E-state index is 12.3. The number of fused-ring (bicyclic) bond motifs is 1. The molecule has 4 rings (SSSR count). The minimum absolute atomic E-state index is 0.184. The van der Waals surface area contributed by atoms with Gasteiger partial charge in [-0.2, -0.15) is 0 Å². The molecule has 5 nitrogen and oxygen atoms in total. The van der Waals surface area contributed by atoms with Gasteiger partial charge in [0.15, 0.2) is 0 Å². The lowest BCUT2D eigenvalue weighted by Gasteiger charge is -2.45. The summed E-state index contributed by atoms with van der Waals surface area (Å²) in [6.45, 7) is 6.58. The SMILES string of the molecule is CN(C)C(=O)CN1C[C@@H]2CN([C@@H]3CCOC3)CC[C@]2(c2ccccc2)C1. The lowest BCUT2D eigenvalue weighted by molar-refractivity contribution is -0.129. The molecular formula is C21H31N3O2. The number of nitrogens with zero attached hydrogens (tertiary/aromatic N) is 3. The zero-order chi connectivity index (χ0) is 18.1. The Kier molecular flexibility index (Phi) is 5.04. The highest BCUT2D eigenvalue weighted by atomic mass is 16.5. The van der Waals surface area contributed by atoms with Crippen LogP contribution in [0.15, 0.2) is 30.3 Å². The second kappa shape index (κ2) is 7.29. The second-order valence-corrected chi connectivity index (χ2v) is 8.44. The third-order valence-corrected chi connectivity index (χ3v) is 6.69. The number of benzene rings is 1. The summed E-state index contributed by atoms with van der Waals surface area (Å²) in [5.74, 6) is 0.780. The molecule has 0 unspecified atom stereocenters. The Bertz CT molecular complexity index is 629. The van der Waals surface area contributed by atoms with Gasteiger partial charge in [0.25, 0.3) is 0 Å². The molecule has 0 spiro atoms. The molecule has 3 aliphatic rings. The van der Waals surface area contributed by atoms with Gasteiger partial charge in [-0.05, 0) is 30.9 Å². The Hall–Kier alpha value is -1.43. The number of rotatable bonds is 4. The number of hydrogen-bond donors (Lipinski definition) is 0. The number of ether oxygens (including phenoxy) is 1. The molecule has 0 bridgehead atoms. The second-order valence-electron chi connectivity index (χ2n) is 8.44. The Labute approximate surface area is 156 Å². The third-order valence-electron chi connectivity index (χ3n) is 6.69. The maximum atomic E-state index is 12.3. The highest BCUT2D eigenvalue weighted by molar-refractivity contribution is 5.77. The topological polar surface area (TPSA) is 36.0 Å². The van der Waals surface area contributed by atoms with Gasteiger partial charge in [0, 0.05) is 51.8 Å². The van der Waals surface area contributed by atoms with Crippen LogP contribution in [0.2, 0.25) is 0 Å². The average Bonchev–Trinajstić information content (AvgIpc) is 3.29. The van der Waals surface area contributed by atoms with Crippen molar-refractivity contribution in [1.82, 2.24) is 14.7 Å². The van der Waals surface area contributed by atoms with Gasteiger partial charge >= 0.3 is 0 Å². The molecule has 3 fully saturated rings. The van der Waals surface area contributed by atoms with Gasteiger partial charge < -0.3 is 9.64 Å². The molecule has 1 aromatic rings. The van der Waals surface area contributed by atoms with E-state index >= 15 is 0 Å². The molecule has 3 saturated heterocycles. The fourth-order valence-corrected chi connectivity index (χ4v) is 5.15. The normalized spacial score (nSPS) is 32.5. The van der Waals surface area contributed by atoms with E-state index in [2.05, 4.69) is 40.1 Å². The van der Waals surface area contributed by atoms with Crippen LogP contribution in [0.3, 0.4) is 0 Å². The van der Waals surface area contributed by atoms with Crippen molar-refractivity contribution in [3.63, 3.8) is 0 Å². The van der Waals surface area contributed by atoms with Crippen molar-refractivity contribution in [1.29, 1.82) is 0 Å². The summed E-state index contributed by atoms with van der Waals surface area (Å²) in [6, 6.07) is 11.6. The van der Waals surface area contributed by atoms with Crippen molar-refractivity contribution >= 4 is 5.91 Å². The van der Waals surface area contributed by atoms with E-state index in [-0.39, 0.29) is 11.3 Å². The molecule has 142 valence electrons. The van der Waals surface area contributed by atoms with Crippen LogP contribution in [0.5, 0.6) is 0 Å². The molecule has 0 saturated carbocycles. The van der Waals surface area contributed by atoms with Gasteiger partial charge in [-0.3, -0.25) is 14.6 Å². The quantitative estimate of drug-likeness (QED) is 0.817. The van der Waals surface area contributed by atoms with Crippen LogP contribution >= 0.6 is 0 Å². The number of carbonyl (C=O) groups is 1. The fourth-order valence-electron chi connectivity index (χ4n) is 5.15. The first-order chi connectivity index (χ1) is 12.6. The van der Waals surface area contributed by atoms with Crippen molar-refractivity contribution in [2.24, 2.45) is 5.92 Å². The molecule has 1 amide bonds. The summed E-state index contributed by atoms with van der Waals surface area (Å²) in [7, 11) is 3.69. The lowest BCUT2D eigenvalue weighted by atomic mass is 9.67. The standard InChI is InChI=1S/C21H31N3O2/c1-22(2)20(25)14-23-12-18-13-24(19-8-11-26-15-19)10-9-21(18,16-23)17-6-4-3-5-7-17/h3-7,18-19H,8-16H2,1-2H3/t18-,19-,21-/m1/s1. The van der Waals surface area contributed by atoms with Crippen LogP contribution in [0.4, 0.5) is 0 Å². The highest BCUT2D eigenvalue weighted by Gasteiger charge is 2.51. The number of likely N-dealkylation sites (tertiary alicyclic amines) is 2. The Morgan fingerprint density at radius 1 is 1.27 bits per heavy atom. The van der Waals surface area contributed by atoms with Crippen LogP contribution < -0.4 is 0 Å². The maximum Gasteiger partial charge on any atom is 0.236 e. The van der Waals surface area contributed by atoms with E-state index in [1.807, 2.05) is 14.1 Å². The number of piperidine rings is 1. The molecule has 26 heavy (non-hydrogen) atoms. The molecule has 3 heterocycles. The van der Waals surface area contributed by atoms with E-state index in [4.69, 9.17) is 4.74 Å². The summed E-state index contributed by atoms with van der Waals surface area (Å²) < 4.78 is 5.63. The van der Waals surface area contributed by atoms with E-state index in [9.17, 15) is 4.79 Å². The summed E-state index contributed by atoms with van der Waals surface area (Å²) in [6.07, 6.45) is 2.33. The monoisotopic (exact) mass is 357 g/mol. The first kappa shape index (κ1) is 18.0. The van der Waals surface area contributed by atoms with Crippen LogP contribution in [0.25, 0.3) is 0 Å². The zero-order valence-corrected chi connectivity index (χ0v) is 16.1. The zero-order valence-electron chi connectivity index (χ0n) is 16.1. The summed E-state index contributed by atoms with van der Waals surface area (Å²) in [4.78, 5) is 19.0. The molecule has 0 aliphatic carbocycles. The van der Waals surface area contributed by atoms with Gasteiger partial charge in [-0.25, -0.2) is 0 Å². The highest BCUT2D eigenvalue weighted by Crippen LogP contribution is 2.45. The smallest absolute Gasteiger partial charge is 0.236 e. The molecule has 5 heteroatoms. The van der Waals surface area contributed by atoms with E-state index in [1.165, 1.54) is 12.0 Å². The first-order valence-electron chi connectivity index (χ1n) is 9.88. The number of likely N-dealkylation sites (N-methyl/N-ethyl adjacent to an activating group) is 1. The van der Waals surface area contributed by atoms with Crippen LogP contribution in [0.1, 0.15) is 18.4 Å². The summed E-state index contributed by atoms with van der Waals surface area (Å²) in [5.41, 5.74) is 1.64. The average molecular weight is 357 g/mol. The third kappa shape index (κ3) is 3.28. The van der Waals surface area contributed by atoms with Crippen molar-refractivity contribution in [3.8, 4) is 0 Å². The van der Waals surface area contributed by atoms with Crippen molar-refractivity contribution < 1.29 is 9.53 Å². The van der Waals surface area contributed by atoms with Gasteiger partial charge in [0.2, 0.25) is 5.91 Å². The fraction of sp³-hybridized carbons (Fsp3) is 0.667. The first-order valence-corrected chi connectivity index (χ1v) is 9.88. The minimum atomic E-state index is 0.184. The predicted molar refractivity (Wildman–Crippen MR) is 102 cm³/mol. The largest absolute Gasteiger partial charge is 0.380 e. The molecular weight excluding hydrogens is 326 g/mol. The number of amides is 1. The summed E-state index contributed by atoms with van der Waals surface area (Å²) >= 11 is 0. The molecule has 3 atom stereocenters. The minimum Gasteiger partial charge on any atom is -0.380 e. The van der Waals surface area contributed by atoms with Crippen LogP contribution in [-0.4, -0.2) is 86.7 Å². The number of hydrogen-bond acceptors (Lipinski definition) is 4. The molecule has 0 aromatic heterocycles. The number of carbonyl (C=O) groups excluding carboxylic acids is 1. The van der Waals surface area contributed by atoms with E-state index in [0.29, 0.717) is 18.5 Å². The van der Waals surface area contributed by atoms with E-state index in [0.717, 1.165) is 45.8 Å². The molecule has 0 radical (unpaired) electrons. The molecule has 0 N–H and O–H groups in total. The Balaban J connectivity index is 1.56. The lowest BCUT2D eigenvalue weighted by Crippen LogP contribution is -2.52. The van der Waals surface area contributed by atoms with Gasteiger partial charge in [-0.15, -0.1) is 0 Å². The van der Waals surface area contributed by atoms with Gasteiger partial charge in [0.05, 0.1) is 13.2 Å². The molecule has 3 aliphatic heterocycles. The van der Waals surface area contributed by atoms with Gasteiger partial charge in [0.1, 0.15) is 0 Å². The predicted octanol–water partition coefficient (Wildman–Crippen LogP) is 1.44. The Morgan fingerprint density at radius 3 is 2.77 bits per heavy atom. The van der Waals surface area contributed by atoms with E-state index < -0.39 is 0 Å². The van der Waals surface area contributed by atoms with Crippen molar-refractivity contribution in [2.45, 2.75) is 24.3 Å². The van der Waals surface area contributed by atoms with Crippen molar-refractivity contribution in [2.75, 3.05) is 60.0 Å². The van der Waals surface area contributed by atoms with E-state index in [1.54, 1.807) is 4.90 Å². The van der Waals surface area contributed by atoms with Crippen LogP contribution in [-0.2, 0) is 14.9 Å². The summed E-state index contributed by atoms with van der Waals surface area (Å²) in [5, 5.41) is 0. The van der Waals surface area contributed by atoms with Crippen molar-refractivity contribution in [3.05, 3.63) is 35.9 Å². The van der Waals surface area contributed by atoms with Crippen LogP contribution in [0, 0.1) is 5.92 Å². The molecule has 1 aromatic carbocycles.